The minimum Gasteiger partial charge on any atom is -0.423 e. The van der Waals surface area contributed by atoms with Crippen molar-refractivity contribution in [2.45, 2.75) is 52.6 Å². The lowest BCUT2D eigenvalue weighted by atomic mass is 9.69. The summed E-state index contributed by atoms with van der Waals surface area (Å²) in [6.45, 7) is 6.99. The molecular weight excluding hydrogens is 492 g/mol. The van der Waals surface area contributed by atoms with Crippen LogP contribution in [-0.2, 0) is 12.8 Å². The second-order valence-electron chi connectivity index (χ2n) is 11.0. The number of hydrogen-bond acceptors (Lipinski definition) is 5. The van der Waals surface area contributed by atoms with E-state index in [2.05, 4.69) is 31.4 Å². The van der Waals surface area contributed by atoms with Crippen LogP contribution in [0.4, 0.5) is 5.00 Å². The van der Waals surface area contributed by atoms with Gasteiger partial charge in [-0.1, -0.05) is 75.7 Å². The molecule has 2 atom stereocenters. The summed E-state index contributed by atoms with van der Waals surface area (Å²) in [7, 11) is 0. The minimum atomic E-state index is -0.392. The van der Waals surface area contributed by atoms with Gasteiger partial charge in [0.05, 0.1) is 11.1 Å². The Kier molecular flexibility index (Phi) is 6.23. The number of thiophene rings is 1. The molecule has 2 heterocycles. The fourth-order valence-electron chi connectivity index (χ4n) is 5.71. The first-order valence-electron chi connectivity index (χ1n) is 13.4. The monoisotopic (exact) mass is 524 g/mol. The van der Waals surface area contributed by atoms with Crippen LogP contribution in [0.25, 0.3) is 10.8 Å². The molecule has 0 radical (unpaired) electrons. The molecule has 1 aromatic heterocycles. The predicted molar refractivity (Wildman–Crippen MR) is 153 cm³/mol. The lowest BCUT2D eigenvalue weighted by molar-refractivity contribution is 0.0736. The topological polar surface area (TPSA) is 67.4 Å². The lowest BCUT2D eigenvalue weighted by Crippen LogP contribution is -2.38. The molecule has 0 fully saturated rings. The molecule has 3 aromatic carbocycles. The van der Waals surface area contributed by atoms with Gasteiger partial charge in [0, 0.05) is 4.88 Å². The zero-order chi connectivity index (χ0) is 26.4. The van der Waals surface area contributed by atoms with Crippen LogP contribution in [0, 0.1) is 11.3 Å². The molecule has 194 valence electrons. The van der Waals surface area contributed by atoms with Gasteiger partial charge in [-0.25, -0.2) is 4.79 Å². The van der Waals surface area contributed by atoms with Crippen molar-refractivity contribution < 1.29 is 14.3 Å². The van der Waals surface area contributed by atoms with Gasteiger partial charge in [0.25, 0.3) is 5.91 Å². The molecule has 1 aliphatic carbocycles. The zero-order valence-corrected chi connectivity index (χ0v) is 22.8. The molecule has 0 bridgehead atoms. The van der Waals surface area contributed by atoms with Crippen LogP contribution in [-0.4, -0.2) is 11.9 Å². The third-order valence-corrected chi connectivity index (χ3v) is 9.68. The van der Waals surface area contributed by atoms with Gasteiger partial charge in [-0.2, -0.15) is 0 Å². The number of carbonyl (C=O) groups is 2. The average Bonchev–Trinajstić information content (AvgIpc) is 3.31. The van der Waals surface area contributed by atoms with E-state index in [0.29, 0.717) is 22.6 Å². The Hall–Kier alpha value is -3.64. The van der Waals surface area contributed by atoms with Gasteiger partial charge in [-0.05, 0) is 70.7 Å². The molecule has 6 heteroatoms. The van der Waals surface area contributed by atoms with Gasteiger partial charge in [0.2, 0.25) is 0 Å². The van der Waals surface area contributed by atoms with E-state index in [1.54, 1.807) is 29.5 Å². The van der Waals surface area contributed by atoms with E-state index in [4.69, 9.17) is 4.74 Å². The zero-order valence-electron chi connectivity index (χ0n) is 22.0. The number of benzene rings is 3. The molecule has 38 heavy (non-hydrogen) atoms. The third kappa shape index (κ3) is 4.37. The van der Waals surface area contributed by atoms with E-state index in [1.807, 2.05) is 48.5 Å². The van der Waals surface area contributed by atoms with Crippen molar-refractivity contribution in [3.05, 3.63) is 93.9 Å². The summed E-state index contributed by atoms with van der Waals surface area (Å²) in [4.78, 5) is 27.5. The van der Waals surface area contributed by atoms with E-state index >= 15 is 0 Å². The Balaban J connectivity index is 1.18. The van der Waals surface area contributed by atoms with Gasteiger partial charge < -0.3 is 15.4 Å². The maximum absolute atomic E-state index is 13.2. The summed E-state index contributed by atoms with van der Waals surface area (Å²) in [5.41, 5.74) is 3.80. The van der Waals surface area contributed by atoms with Crippen molar-refractivity contribution in [1.29, 1.82) is 0 Å². The normalized spacial score (nSPS) is 18.8. The van der Waals surface area contributed by atoms with Crippen molar-refractivity contribution in [2.75, 3.05) is 5.32 Å². The third-order valence-electron chi connectivity index (χ3n) is 8.49. The highest BCUT2D eigenvalue weighted by Crippen LogP contribution is 2.47. The van der Waals surface area contributed by atoms with E-state index in [1.165, 1.54) is 10.4 Å². The van der Waals surface area contributed by atoms with Crippen LogP contribution in [0.3, 0.4) is 0 Å². The molecule has 1 amide bonds. The molecule has 0 spiro atoms. The number of rotatable bonds is 5. The van der Waals surface area contributed by atoms with E-state index < -0.39 is 5.97 Å². The number of hydrogen-bond donors (Lipinski definition) is 2. The first kappa shape index (κ1) is 24.7. The van der Waals surface area contributed by atoms with Crippen molar-refractivity contribution in [3.63, 3.8) is 0 Å². The fraction of sp³-hybridized carbons (Fsp3) is 0.312. The highest BCUT2D eigenvalue weighted by molar-refractivity contribution is 7.16. The number of fused-ring (bicyclic) bond motifs is 4. The Labute approximate surface area is 227 Å². The van der Waals surface area contributed by atoms with Crippen molar-refractivity contribution in [1.82, 2.24) is 5.32 Å². The van der Waals surface area contributed by atoms with E-state index in [0.717, 1.165) is 52.6 Å². The van der Waals surface area contributed by atoms with E-state index in [9.17, 15) is 9.59 Å². The lowest BCUT2D eigenvalue weighted by Gasteiger charge is -2.36. The standard InChI is InChI=1S/C32H32N2O3S/c1-4-32(2,3)21-14-17-25-26(18-21)38-30-27(25)29(35)33-28(34-30)20-12-15-22(16-13-20)37-31(36)24-11-7-9-19-8-5-6-10-23(19)24/h5-13,15-16,21,28,34H,4,14,17-18H2,1-3H3,(H,33,35)/t21-,28-/m1/s1. The molecule has 0 unspecified atom stereocenters. The summed E-state index contributed by atoms with van der Waals surface area (Å²) in [6, 6.07) is 20.7. The highest BCUT2D eigenvalue weighted by Gasteiger charge is 2.37. The molecule has 0 saturated carbocycles. The Bertz CT molecular complexity index is 1530. The van der Waals surface area contributed by atoms with Crippen LogP contribution in [0.2, 0.25) is 0 Å². The van der Waals surface area contributed by atoms with Gasteiger partial charge in [0.15, 0.2) is 0 Å². The minimum absolute atomic E-state index is 0.0130. The molecule has 6 rings (SSSR count). The van der Waals surface area contributed by atoms with Crippen molar-refractivity contribution >= 4 is 39.0 Å². The Morgan fingerprint density at radius 1 is 1.03 bits per heavy atom. The molecule has 2 aliphatic rings. The molecule has 2 N–H and O–H groups in total. The first-order valence-corrected chi connectivity index (χ1v) is 14.2. The Morgan fingerprint density at radius 2 is 1.79 bits per heavy atom. The Morgan fingerprint density at radius 3 is 2.58 bits per heavy atom. The van der Waals surface area contributed by atoms with Crippen molar-refractivity contribution in [2.24, 2.45) is 11.3 Å². The van der Waals surface area contributed by atoms with E-state index in [-0.39, 0.29) is 12.1 Å². The smallest absolute Gasteiger partial charge is 0.344 e. The van der Waals surface area contributed by atoms with Crippen LogP contribution in [0.5, 0.6) is 5.75 Å². The quantitative estimate of drug-likeness (QED) is 0.209. The summed E-state index contributed by atoms with van der Waals surface area (Å²) in [5.74, 6) is 0.701. The number of amides is 1. The maximum Gasteiger partial charge on any atom is 0.344 e. The van der Waals surface area contributed by atoms with Crippen LogP contribution in [0.15, 0.2) is 66.7 Å². The number of anilines is 1. The van der Waals surface area contributed by atoms with Crippen molar-refractivity contribution in [3.8, 4) is 5.75 Å². The maximum atomic E-state index is 13.2. The number of esters is 1. The van der Waals surface area contributed by atoms with Crippen LogP contribution < -0.4 is 15.4 Å². The molecular formula is C32H32N2O3S. The first-order chi connectivity index (χ1) is 18.3. The molecule has 4 aromatic rings. The summed E-state index contributed by atoms with van der Waals surface area (Å²) < 4.78 is 5.69. The van der Waals surface area contributed by atoms with Crippen LogP contribution >= 0.6 is 11.3 Å². The summed E-state index contributed by atoms with van der Waals surface area (Å²) in [5, 5.41) is 9.51. The number of ether oxygens (including phenoxy) is 1. The fourth-order valence-corrected chi connectivity index (χ4v) is 7.07. The second kappa shape index (κ2) is 9.59. The highest BCUT2D eigenvalue weighted by atomic mass is 32.1. The van der Waals surface area contributed by atoms with Gasteiger partial charge in [-0.15, -0.1) is 11.3 Å². The van der Waals surface area contributed by atoms with Gasteiger partial charge in [0.1, 0.15) is 16.9 Å². The van der Waals surface area contributed by atoms with Gasteiger partial charge in [-0.3, -0.25) is 4.79 Å². The van der Waals surface area contributed by atoms with Gasteiger partial charge >= 0.3 is 5.97 Å². The summed E-state index contributed by atoms with van der Waals surface area (Å²) >= 11 is 1.74. The predicted octanol–water partition coefficient (Wildman–Crippen LogP) is 7.52. The SMILES string of the molecule is CCC(C)(C)[C@@H]1CCc2c(sc3c2C(=O)N[C@@H](c2ccc(OC(=O)c4cccc5ccccc45)cc2)N3)C1. The molecule has 5 nitrogen and oxygen atoms in total. The largest absolute Gasteiger partial charge is 0.423 e. The summed E-state index contributed by atoms with van der Waals surface area (Å²) in [6.07, 6.45) is 3.97. The average molecular weight is 525 g/mol. The number of carbonyl (C=O) groups excluding carboxylic acids is 2. The molecule has 1 aliphatic heterocycles. The van der Waals surface area contributed by atoms with Crippen LogP contribution in [0.1, 0.15) is 76.5 Å². The second-order valence-corrected chi connectivity index (χ2v) is 12.1. The number of nitrogens with one attached hydrogen (secondary N) is 2. The molecule has 0 saturated heterocycles.